The molecule has 1 amide bonds. The van der Waals surface area contributed by atoms with Gasteiger partial charge in [0.05, 0.1) is 5.57 Å². The van der Waals surface area contributed by atoms with E-state index in [1.807, 2.05) is 38.1 Å². The predicted molar refractivity (Wildman–Crippen MR) is 108 cm³/mol. The molecule has 0 saturated carbocycles. The lowest BCUT2D eigenvalue weighted by Gasteiger charge is -2.41. The Kier molecular flexibility index (Phi) is 4.30. The quantitative estimate of drug-likeness (QED) is 0.851. The van der Waals surface area contributed by atoms with Crippen LogP contribution in [0.15, 0.2) is 47.1 Å². The van der Waals surface area contributed by atoms with Gasteiger partial charge in [0.2, 0.25) is 11.8 Å². The third kappa shape index (κ3) is 2.53. The first kappa shape index (κ1) is 19.3. The van der Waals surface area contributed by atoms with Gasteiger partial charge in [-0.3, -0.25) is 9.59 Å². The number of fused-ring (bicyclic) bond motifs is 3. The van der Waals surface area contributed by atoms with Crippen molar-refractivity contribution in [2.75, 3.05) is 11.4 Å². The maximum absolute atomic E-state index is 14.0. The number of hydrogen-bond acceptors (Lipinski definition) is 5. The highest BCUT2D eigenvalue weighted by Crippen LogP contribution is 2.57. The van der Waals surface area contributed by atoms with Crippen molar-refractivity contribution in [2.45, 2.75) is 51.9 Å². The third-order valence-electron chi connectivity index (χ3n) is 6.08. The number of ether oxygens (including phenoxy) is 1. The Morgan fingerprint density at radius 2 is 1.97 bits per heavy atom. The summed E-state index contributed by atoms with van der Waals surface area (Å²) in [6.07, 6.45) is 2.52. The van der Waals surface area contributed by atoms with Crippen LogP contribution in [0, 0.1) is 16.7 Å². The summed E-state index contributed by atoms with van der Waals surface area (Å²) in [5, 5.41) is 10.00. The standard InChI is InChI=1S/C23H25N3O3/c1-4-5-10-26-16-9-7-6-8-14(16)23(21(26)28)15(13-24)20(25)29-18-12-22(2,3)11-17(27)19(18)23/h6-9H,4-5,10-12,25H2,1-3H3/t23-/m1/s1. The van der Waals surface area contributed by atoms with Gasteiger partial charge >= 0.3 is 0 Å². The van der Waals surface area contributed by atoms with E-state index in [4.69, 9.17) is 10.5 Å². The van der Waals surface area contributed by atoms with E-state index >= 15 is 0 Å². The average molecular weight is 391 g/mol. The van der Waals surface area contributed by atoms with Gasteiger partial charge in [-0.1, -0.05) is 45.4 Å². The first-order chi connectivity index (χ1) is 13.8. The van der Waals surface area contributed by atoms with Crippen LogP contribution >= 0.6 is 0 Å². The van der Waals surface area contributed by atoms with Crippen molar-refractivity contribution in [3.63, 3.8) is 0 Å². The molecular weight excluding hydrogens is 366 g/mol. The molecule has 6 heteroatoms. The van der Waals surface area contributed by atoms with Crippen LogP contribution < -0.4 is 10.6 Å². The van der Waals surface area contributed by atoms with E-state index in [-0.39, 0.29) is 28.6 Å². The molecule has 2 aliphatic heterocycles. The van der Waals surface area contributed by atoms with Crippen LogP contribution in [0.4, 0.5) is 5.69 Å². The molecule has 0 fully saturated rings. The first-order valence-electron chi connectivity index (χ1n) is 10.0. The van der Waals surface area contributed by atoms with Crippen molar-refractivity contribution in [1.29, 1.82) is 5.26 Å². The summed E-state index contributed by atoms with van der Waals surface area (Å²) in [4.78, 5) is 29.0. The lowest BCUT2D eigenvalue weighted by molar-refractivity contribution is -0.125. The van der Waals surface area contributed by atoms with Crippen LogP contribution in [0.2, 0.25) is 0 Å². The minimum atomic E-state index is -1.51. The van der Waals surface area contributed by atoms with Gasteiger partial charge in [-0.05, 0) is 17.9 Å². The number of carbonyl (C=O) groups excluding carboxylic acids is 2. The van der Waals surface area contributed by atoms with Gasteiger partial charge in [0.1, 0.15) is 22.8 Å². The number of nitrogens with two attached hydrogens (primary N) is 1. The molecule has 0 saturated heterocycles. The molecule has 150 valence electrons. The molecule has 6 nitrogen and oxygen atoms in total. The number of hydrogen-bond donors (Lipinski definition) is 1. The number of anilines is 1. The van der Waals surface area contributed by atoms with Crippen molar-refractivity contribution >= 4 is 17.4 Å². The zero-order valence-electron chi connectivity index (χ0n) is 17.0. The number of carbonyl (C=O) groups is 2. The minimum Gasteiger partial charge on any atom is -0.444 e. The van der Waals surface area contributed by atoms with Crippen molar-refractivity contribution in [1.82, 2.24) is 0 Å². The molecule has 1 aliphatic carbocycles. The molecule has 1 atom stereocenters. The normalized spacial score (nSPS) is 25.1. The number of nitrogens with zero attached hydrogens (tertiary/aromatic N) is 2. The molecule has 1 aromatic rings. The number of benzene rings is 1. The molecule has 2 heterocycles. The van der Waals surface area contributed by atoms with E-state index in [2.05, 4.69) is 13.0 Å². The summed E-state index contributed by atoms with van der Waals surface area (Å²) < 4.78 is 5.79. The molecule has 4 rings (SSSR count). The summed E-state index contributed by atoms with van der Waals surface area (Å²) in [6, 6.07) is 9.49. The largest absolute Gasteiger partial charge is 0.444 e. The van der Waals surface area contributed by atoms with Crippen LogP contribution in [0.25, 0.3) is 0 Å². The number of nitriles is 1. The summed E-state index contributed by atoms with van der Waals surface area (Å²) in [7, 11) is 0. The second kappa shape index (κ2) is 6.48. The highest BCUT2D eigenvalue weighted by atomic mass is 16.5. The van der Waals surface area contributed by atoms with Crippen LogP contribution in [0.1, 0.15) is 52.0 Å². The highest BCUT2D eigenvalue weighted by Gasteiger charge is 2.62. The van der Waals surface area contributed by atoms with E-state index in [0.29, 0.717) is 36.3 Å². The fourth-order valence-corrected chi connectivity index (χ4v) is 4.88. The number of rotatable bonds is 3. The van der Waals surface area contributed by atoms with Crippen molar-refractivity contribution < 1.29 is 14.3 Å². The summed E-state index contributed by atoms with van der Waals surface area (Å²) in [6.45, 7) is 6.56. The third-order valence-corrected chi connectivity index (χ3v) is 6.08. The van der Waals surface area contributed by atoms with Crippen LogP contribution in [-0.2, 0) is 19.7 Å². The Morgan fingerprint density at radius 1 is 1.24 bits per heavy atom. The molecule has 3 aliphatic rings. The van der Waals surface area contributed by atoms with E-state index in [1.165, 1.54) is 0 Å². The number of unbranched alkanes of at least 4 members (excludes halogenated alkanes) is 1. The smallest absolute Gasteiger partial charge is 0.247 e. The molecule has 0 bridgehead atoms. The zero-order chi connectivity index (χ0) is 21.0. The summed E-state index contributed by atoms with van der Waals surface area (Å²) >= 11 is 0. The second-order valence-corrected chi connectivity index (χ2v) is 8.77. The fourth-order valence-electron chi connectivity index (χ4n) is 4.88. The fraction of sp³-hybridized carbons (Fsp3) is 0.435. The van der Waals surface area contributed by atoms with E-state index in [0.717, 1.165) is 18.5 Å². The first-order valence-corrected chi connectivity index (χ1v) is 10.0. The SMILES string of the molecule is CCCCN1C(=O)[C@@]2(C(C#N)=C(N)OC3=C2C(=O)CC(C)(C)C3)c2ccccc21. The topological polar surface area (TPSA) is 96.4 Å². The maximum atomic E-state index is 14.0. The van der Waals surface area contributed by atoms with Crippen LogP contribution in [0.5, 0.6) is 0 Å². The number of Topliss-reactive ketones (excluding diaryl/α,β-unsaturated/α-hetero) is 1. The van der Waals surface area contributed by atoms with Gasteiger partial charge < -0.3 is 15.4 Å². The zero-order valence-corrected chi connectivity index (χ0v) is 17.0. The second-order valence-electron chi connectivity index (χ2n) is 8.77. The maximum Gasteiger partial charge on any atom is 0.247 e. The number of ketones is 1. The van der Waals surface area contributed by atoms with Gasteiger partial charge in [-0.25, -0.2) is 0 Å². The lowest BCUT2D eigenvalue weighted by Crippen LogP contribution is -2.50. The average Bonchev–Trinajstić information content (AvgIpc) is 2.88. The van der Waals surface area contributed by atoms with Crippen LogP contribution in [-0.4, -0.2) is 18.2 Å². The lowest BCUT2D eigenvalue weighted by atomic mass is 9.62. The van der Waals surface area contributed by atoms with Crippen molar-refractivity contribution in [3.05, 3.63) is 52.6 Å². The number of allylic oxidation sites excluding steroid dienone is 1. The van der Waals surface area contributed by atoms with Gasteiger partial charge in [0, 0.05) is 30.6 Å². The molecule has 2 N–H and O–H groups in total. The minimum absolute atomic E-state index is 0.0146. The van der Waals surface area contributed by atoms with E-state index < -0.39 is 5.41 Å². The summed E-state index contributed by atoms with van der Waals surface area (Å²) in [5.74, 6) is -0.104. The molecule has 0 unspecified atom stereocenters. The van der Waals surface area contributed by atoms with E-state index in [9.17, 15) is 14.9 Å². The molecule has 1 spiro atoms. The Labute approximate surface area is 170 Å². The summed E-state index contributed by atoms with van der Waals surface area (Å²) in [5.41, 5.74) is 6.04. The molecule has 29 heavy (non-hydrogen) atoms. The Balaban J connectivity index is 2.04. The molecule has 1 aromatic carbocycles. The number of amides is 1. The predicted octanol–water partition coefficient (Wildman–Crippen LogP) is 3.44. The molecule has 0 aromatic heterocycles. The Hall–Kier alpha value is -3.07. The highest BCUT2D eigenvalue weighted by molar-refractivity contribution is 6.20. The van der Waals surface area contributed by atoms with Gasteiger partial charge in [-0.15, -0.1) is 0 Å². The van der Waals surface area contributed by atoms with Gasteiger partial charge in [0.15, 0.2) is 5.78 Å². The Morgan fingerprint density at radius 3 is 2.66 bits per heavy atom. The molecule has 0 radical (unpaired) electrons. The van der Waals surface area contributed by atoms with Crippen molar-refractivity contribution in [3.8, 4) is 6.07 Å². The van der Waals surface area contributed by atoms with E-state index in [1.54, 1.807) is 4.90 Å². The van der Waals surface area contributed by atoms with Crippen molar-refractivity contribution in [2.24, 2.45) is 11.1 Å². The number of para-hydroxylation sites is 1. The van der Waals surface area contributed by atoms with Gasteiger partial charge in [-0.2, -0.15) is 5.26 Å². The van der Waals surface area contributed by atoms with Crippen LogP contribution in [0.3, 0.4) is 0 Å². The Bertz CT molecular complexity index is 1030. The molecular formula is C23H25N3O3. The monoisotopic (exact) mass is 391 g/mol. The van der Waals surface area contributed by atoms with Gasteiger partial charge in [0.25, 0.3) is 0 Å².